The molecule has 2 rings (SSSR count). The second kappa shape index (κ2) is 7.52. The second-order valence-corrected chi connectivity index (χ2v) is 7.07. The Morgan fingerprint density at radius 2 is 1.71 bits per heavy atom. The van der Waals surface area contributed by atoms with Gasteiger partial charge in [0.25, 0.3) is 0 Å². The molecule has 0 spiro atoms. The van der Waals surface area contributed by atoms with E-state index in [-0.39, 0.29) is 5.54 Å². The predicted octanol–water partition coefficient (Wildman–Crippen LogP) is 3.09. The summed E-state index contributed by atoms with van der Waals surface area (Å²) in [6.45, 7) is 8.07. The maximum atomic E-state index is 5.67. The van der Waals surface area contributed by atoms with E-state index < -0.39 is 0 Å². The van der Waals surface area contributed by atoms with E-state index in [1.54, 1.807) is 11.3 Å². The van der Waals surface area contributed by atoms with Crippen LogP contribution in [0.4, 0.5) is 0 Å². The first-order valence-electron chi connectivity index (χ1n) is 7.27. The van der Waals surface area contributed by atoms with Gasteiger partial charge in [0.1, 0.15) is 15.8 Å². The first kappa shape index (κ1) is 15.9. The summed E-state index contributed by atoms with van der Waals surface area (Å²) in [6.07, 6.45) is 1.73. The molecular formula is C16H23N3OS. The highest BCUT2D eigenvalue weighted by molar-refractivity contribution is 7.11. The number of ether oxygens (including phenoxy) is 1. The van der Waals surface area contributed by atoms with Crippen LogP contribution in [0.3, 0.4) is 0 Å². The number of rotatable bonds is 7. The van der Waals surface area contributed by atoms with Crippen LogP contribution in [0.5, 0.6) is 5.75 Å². The highest BCUT2D eigenvalue weighted by atomic mass is 32.1. The molecule has 0 aliphatic rings. The zero-order valence-electron chi connectivity index (χ0n) is 12.9. The molecule has 1 aromatic heterocycles. The molecule has 0 aliphatic carbocycles. The summed E-state index contributed by atoms with van der Waals surface area (Å²) in [6, 6.07) is 9.85. The Morgan fingerprint density at radius 1 is 1.05 bits per heavy atom. The van der Waals surface area contributed by atoms with Crippen LogP contribution in [0.25, 0.3) is 0 Å². The third-order valence-corrected chi connectivity index (χ3v) is 3.87. The molecule has 0 saturated heterocycles. The Labute approximate surface area is 130 Å². The van der Waals surface area contributed by atoms with Gasteiger partial charge in [-0.15, -0.1) is 21.5 Å². The molecule has 5 heteroatoms. The van der Waals surface area contributed by atoms with E-state index in [4.69, 9.17) is 4.74 Å². The van der Waals surface area contributed by atoms with Crippen LogP contribution < -0.4 is 10.1 Å². The van der Waals surface area contributed by atoms with Crippen LogP contribution in [-0.4, -0.2) is 28.9 Å². The van der Waals surface area contributed by atoms with Crippen molar-refractivity contribution in [3.05, 3.63) is 40.3 Å². The van der Waals surface area contributed by atoms with E-state index in [1.165, 1.54) is 0 Å². The summed E-state index contributed by atoms with van der Waals surface area (Å²) < 4.78 is 5.67. The van der Waals surface area contributed by atoms with Crippen molar-refractivity contribution in [3.63, 3.8) is 0 Å². The molecule has 1 aromatic carbocycles. The molecule has 0 saturated carbocycles. The fourth-order valence-corrected chi connectivity index (χ4v) is 2.63. The van der Waals surface area contributed by atoms with Gasteiger partial charge in [-0.1, -0.05) is 18.2 Å². The van der Waals surface area contributed by atoms with Gasteiger partial charge in [-0.05, 0) is 32.9 Å². The van der Waals surface area contributed by atoms with Crippen LogP contribution in [0.15, 0.2) is 30.3 Å². The van der Waals surface area contributed by atoms with E-state index in [2.05, 4.69) is 36.3 Å². The molecule has 21 heavy (non-hydrogen) atoms. The lowest BCUT2D eigenvalue weighted by molar-refractivity contribution is 0.321. The van der Waals surface area contributed by atoms with E-state index in [1.807, 2.05) is 30.3 Å². The van der Waals surface area contributed by atoms with Gasteiger partial charge in [0.2, 0.25) is 0 Å². The largest absolute Gasteiger partial charge is 0.493 e. The number of hydrogen-bond acceptors (Lipinski definition) is 5. The van der Waals surface area contributed by atoms with Crippen molar-refractivity contribution < 1.29 is 4.74 Å². The third-order valence-electron chi connectivity index (χ3n) is 2.83. The SMILES string of the molecule is CC(C)(C)NCCc1nnc(CCOc2ccccc2)s1. The molecule has 0 aliphatic heterocycles. The molecule has 0 atom stereocenters. The number of para-hydroxylation sites is 1. The molecule has 0 amide bonds. The van der Waals surface area contributed by atoms with Gasteiger partial charge >= 0.3 is 0 Å². The fraction of sp³-hybridized carbons (Fsp3) is 0.500. The molecule has 0 unspecified atom stereocenters. The van der Waals surface area contributed by atoms with Crippen LogP contribution in [-0.2, 0) is 12.8 Å². The van der Waals surface area contributed by atoms with Crippen molar-refractivity contribution in [3.8, 4) is 5.75 Å². The fourth-order valence-electron chi connectivity index (χ4n) is 1.81. The van der Waals surface area contributed by atoms with Gasteiger partial charge in [0.05, 0.1) is 6.61 Å². The molecular weight excluding hydrogens is 282 g/mol. The van der Waals surface area contributed by atoms with E-state index in [0.29, 0.717) is 6.61 Å². The first-order chi connectivity index (χ1) is 10.0. The Bertz CT molecular complexity index is 534. The summed E-state index contributed by atoms with van der Waals surface area (Å²) in [5.74, 6) is 0.900. The Morgan fingerprint density at radius 3 is 2.38 bits per heavy atom. The number of hydrogen-bond donors (Lipinski definition) is 1. The maximum Gasteiger partial charge on any atom is 0.120 e. The number of nitrogens with one attached hydrogen (secondary N) is 1. The maximum absolute atomic E-state index is 5.67. The van der Waals surface area contributed by atoms with Crippen LogP contribution >= 0.6 is 11.3 Å². The summed E-state index contributed by atoms with van der Waals surface area (Å²) >= 11 is 1.68. The van der Waals surface area contributed by atoms with Gasteiger partial charge in [0.15, 0.2) is 0 Å². The van der Waals surface area contributed by atoms with Crippen LogP contribution in [0, 0.1) is 0 Å². The minimum absolute atomic E-state index is 0.150. The van der Waals surface area contributed by atoms with Crippen molar-refractivity contribution in [2.24, 2.45) is 0 Å². The van der Waals surface area contributed by atoms with E-state index >= 15 is 0 Å². The van der Waals surface area contributed by atoms with Crippen molar-refractivity contribution >= 4 is 11.3 Å². The van der Waals surface area contributed by atoms with Gasteiger partial charge in [-0.2, -0.15) is 0 Å². The molecule has 0 radical (unpaired) electrons. The van der Waals surface area contributed by atoms with Gasteiger partial charge in [-0.3, -0.25) is 0 Å². The molecule has 4 nitrogen and oxygen atoms in total. The number of benzene rings is 1. The normalized spacial score (nSPS) is 11.6. The van der Waals surface area contributed by atoms with Crippen LogP contribution in [0.2, 0.25) is 0 Å². The molecule has 2 aromatic rings. The lowest BCUT2D eigenvalue weighted by atomic mass is 10.1. The second-order valence-electron chi connectivity index (χ2n) is 5.93. The predicted molar refractivity (Wildman–Crippen MR) is 87.0 cm³/mol. The van der Waals surface area contributed by atoms with Crippen LogP contribution in [0.1, 0.15) is 30.8 Å². The monoisotopic (exact) mass is 305 g/mol. The lowest BCUT2D eigenvalue weighted by Crippen LogP contribution is -2.37. The third kappa shape index (κ3) is 6.23. The van der Waals surface area contributed by atoms with Gasteiger partial charge < -0.3 is 10.1 Å². The zero-order valence-corrected chi connectivity index (χ0v) is 13.7. The molecule has 1 N–H and O–H groups in total. The summed E-state index contributed by atoms with van der Waals surface area (Å²) in [5.41, 5.74) is 0.150. The van der Waals surface area contributed by atoms with Gasteiger partial charge in [0, 0.05) is 24.9 Å². The molecule has 114 valence electrons. The summed E-state index contributed by atoms with van der Waals surface area (Å²) in [7, 11) is 0. The van der Waals surface area contributed by atoms with Crippen molar-refractivity contribution in [2.75, 3.05) is 13.2 Å². The smallest absolute Gasteiger partial charge is 0.120 e. The number of nitrogens with zero attached hydrogens (tertiary/aromatic N) is 2. The van der Waals surface area contributed by atoms with Crippen molar-refractivity contribution in [1.82, 2.24) is 15.5 Å². The zero-order chi connectivity index (χ0) is 15.1. The molecule has 0 bridgehead atoms. The minimum atomic E-state index is 0.150. The minimum Gasteiger partial charge on any atom is -0.493 e. The molecule has 0 fully saturated rings. The highest BCUT2D eigenvalue weighted by Gasteiger charge is 2.09. The average molecular weight is 305 g/mol. The molecule has 1 heterocycles. The van der Waals surface area contributed by atoms with E-state index in [0.717, 1.165) is 35.2 Å². The topological polar surface area (TPSA) is 47.0 Å². The average Bonchev–Trinajstić information content (AvgIpc) is 2.86. The van der Waals surface area contributed by atoms with Crippen molar-refractivity contribution in [2.45, 2.75) is 39.2 Å². The quantitative estimate of drug-likeness (QED) is 0.854. The highest BCUT2D eigenvalue weighted by Crippen LogP contribution is 2.13. The standard InChI is InChI=1S/C16H23N3OS/c1-16(2,3)17-11-9-14-18-19-15(21-14)10-12-20-13-7-5-4-6-8-13/h4-8,17H,9-12H2,1-3H3. The first-order valence-corrected chi connectivity index (χ1v) is 8.09. The Hall–Kier alpha value is -1.46. The van der Waals surface area contributed by atoms with Gasteiger partial charge in [-0.25, -0.2) is 0 Å². The Balaban J connectivity index is 1.70. The van der Waals surface area contributed by atoms with E-state index in [9.17, 15) is 0 Å². The van der Waals surface area contributed by atoms with Crippen molar-refractivity contribution in [1.29, 1.82) is 0 Å². The summed E-state index contributed by atoms with van der Waals surface area (Å²) in [5, 5.41) is 14.0. The number of aromatic nitrogens is 2. The lowest BCUT2D eigenvalue weighted by Gasteiger charge is -2.19. The summed E-state index contributed by atoms with van der Waals surface area (Å²) in [4.78, 5) is 0. The Kier molecular flexibility index (Phi) is 5.70.